The first kappa shape index (κ1) is 14.3. The van der Waals surface area contributed by atoms with Gasteiger partial charge < -0.3 is 16.2 Å². The molecule has 0 heterocycles. The minimum absolute atomic E-state index is 0.0640. The average Bonchev–Trinajstić information content (AvgIpc) is 2.32. The van der Waals surface area contributed by atoms with Crippen LogP contribution in [-0.4, -0.2) is 30.1 Å². The summed E-state index contributed by atoms with van der Waals surface area (Å²) in [6, 6.07) is 2.11. The van der Waals surface area contributed by atoms with Crippen molar-refractivity contribution in [3.63, 3.8) is 0 Å². The lowest BCUT2D eigenvalue weighted by atomic mass is 10.1. The standard InChI is InChI=1S/C11H13F3N2O2/c1-6-8(12)2-7(3-9(6)15)10(18)16-4-11(13,14)5-17/h2-3,17H,4-5,15H2,1H3,(H,16,18). The summed E-state index contributed by atoms with van der Waals surface area (Å²) in [6.45, 7) is -0.971. The van der Waals surface area contributed by atoms with Gasteiger partial charge in [0.05, 0.1) is 6.54 Å². The first-order valence-corrected chi connectivity index (χ1v) is 5.09. The van der Waals surface area contributed by atoms with Crippen molar-refractivity contribution in [2.75, 3.05) is 18.9 Å². The Labute approximate surface area is 102 Å². The summed E-state index contributed by atoms with van der Waals surface area (Å²) in [5, 5.41) is 10.2. The van der Waals surface area contributed by atoms with Gasteiger partial charge in [-0.25, -0.2) is 13.2 Å². The highest BCUT2D eigenvalue weighted by molar-refractivity contribution is 5.95. The molecule has 0 atom stereocenters. The summed E-state index contributed by atoms with van der Waals surface area (Å²) < 4.78 is 38.7. The molecule has 0 radical (unpaired) electrons. The van der Waals surface area contributed by atoms with Gasteiger partial charge in [0.15, 0.2) is 0 Å². The second-order valence-electron chi connectivity index (χ2n) is 3.87. The number of nitrogen functional groups attached to an aromatic ring is 1. The van der Waals surface area contributed by atoms with E-state index in [0.717, 1.165) is 6.07 Å². The molecule has 0 aliphatic heterocycles. The third-order valence-corrected chi connectivity index (χ3v) is 2.39. The van der Waals surface area contributed by atoms with Gasteiger partial charge in [0, 0.05) is 16.8 Å². The fourth-order valence-corrected chi connectivity index (χ4v) is 1.20. The predicted octanol–water partition coefficient (Wildman–Crippen LogP) is 1.07. The zero-order valence-electron chi connectivity index (χ0n) is 9.64. The van der Waals surface area contributed by atoms with Crippen LogP contribution in [0.5, 0.6) is 0 Å². The smallest absolute Gasteiger partial charge is 0.287 e. The van der Waals surface area contributed by atoms with Crippen LogP contribution in [0.4, 0.5) is 18.9 Å². The Bertz CT molecular complexity index is 441. The largest absolute Gasteiger partial charge is 0.398 e. The minimum atomic E-state index is -3.41. The van der Waals surface area contributed by atoms with Crippen molar-refractivity contribution >= 4 is 11.6 Å². The number of rotatable bonds is 4. The Morgan fingerprint density at radius 3 is 2.61 bits per heavy atom. The Morgan fingerprint density at radius 1 is 1.50 bits per heavy atom. The number of hydrogen-bond acceptors (Lipinski definition) is 3. The lowest BCUT2D eigenvalue weighted by Gasteiger charge is -2.14. The molecule has 0 aliphatic rings. The first-order valence-electron chi connectivity index (χ1n) is 5.09. The van der Waals surface area contributed by atoms with E-state index in [9.17, 15) is 18.0 Å². The van der Waals surface area contributed by atoms with Crippen LogP contribution in [0.15, 0.2) is 12.1 Å². The van der Waals surface area contributed by atoms with E-state index in [-0.39, 0.29) is 16.8 Å². The highest BCUT2D eigenvalue weighted by Gasteiger charge is 2.28. The highest BCUT2D eigenvalue weighted by Crippen LogP contribution is 2.18. The van der Waals surface area contributed by atoms with Gasteiger partial charge in [-0.15, -0.1) is 0 Å². The van der Waals surface area contributed by atoms with Crippen LogP contribution in [0, 0.1) is 12.7 Å². The number of nitrogens with two attached hydrogens (primary N) is 1. The number of alkyl halides is 2. The van der Waals surface area contributed by atoms with Crippen LogP contribution < -0.4 is 11.1 Å². The van der Waals surface area contributed by atoms with E-state index < -0.39 is 30.8 Å². The number of amides is 1. The highest BCUT2D eigenvalue weighted by atomic mass is 19.3. The number of aliphatic hydroxyl groups is 1. The molecule has 0 unspecified atom stereocenters. The minimum Gasteiger partial charge on any atom is -0.398 e. The summed E-state index contributed by atoms with van der Waals surface area (Å²) >= 11 is 0. The van der Waals surface area contributed by atoms with Gasteiger partial charge in [-0.3, -0.25) is 4.79 Å². The summed E-state index contributed by atoms with van der Waals surface area (Å²) in [6.07, 6.45) is 0. The molecule has 0 bridgehead atoms. The molecule has 1 aromatic carbocycles. The molecule has 0 spiro atoms. The van der Waals surface area contributed by atoms with E-state index in [4.69, 9.17) is 10.8 Å². The molecule has 7 heteroatoms. The molecule has 0 fully saturated rings. The lowest BCUT2D eigenvalue weighted by Crippen LogP contribution is -2.39. The van der Waals surface area contributed by atoms with Crippen molar-refractivity contribution in [1.29, 1.82) is 0 Å². The Morgan fingerprint density at radius 2 is 2.11 bits per heavy atom. The number of aliphatic hydroxyl groups excluding tert-OH is 1. The molecule has 0 aromatic heterocycles. The van der Waals surface area contributed by atoms with Crippen LogP contribution in [0.1, 0.15) is 15.9 Å². The van der Waals surface area contributed by atoms with Crippen LogP contribution in [0.25, 0.3) is 0 Å². The summed E-state index contributed by atoms with van der Waals surface area (Å²) in [4.78, 5) is 11.5. The summed E-state index contributed by atoms with van der Waals surface area (Å²) in [5.74, 6) is -4.98. The van der Waals surface area contributed by atoms with Crippen LogP contribution >= 0.6 is 0 Å². The normalized spacial score (nSPS) is 11.4. The number of benzene rings is 1. The van der Waals surface area contributed by atoms with Crippen molar-refractivity contribution in [3.8, 4) is 0 Å². The Kier molecular flexibility index (Phi) is 4.18. The maximum absolute atomic E-state index is 13.3. The number of hydrogen-bond donors (Lipinski definition) is 3. The molecule has 4 nitrogen and oxygen atoms in total. The third kappa shape index (κ3) is 3.36. The van der Waals surface area contributed by atoms with E-state index >= 15 is 0 Å². The molecule has 0 saturated carbocycles. The molecule has 0 saturated heterocycles. The van der Waals surface area contributed by atoms with E-state index in [0.29, 0.717) is 0 Å². The van der Waals surface area contributed by atoms with Crippen LogP contribution in [0.2, 0.25) is 0 Å². The third-order valence-electron chi connectivity index (χ3n) is 2.39. The van der Waals surface area contributed by atoms with Gasteiger partial charge in [-0.05, 0) is 19.1 Å². The summed E-state index contributed by atoms with van der Waals surface area (Å²) in [5.41, 5.74) is 5.56. The molecule has 1 aromatic rings. The molecule has 4 N–H and O–H groups in total. The van der Waals surface area contributed by atoms with Crippen molar-refractivity contribution in [3.05, 3.63) is 29.1 Å². The van der Waals surface area contributed by atoms with Crippen molar-refractivity contribution in [2.24, 2.45) is 0 Å². The second-order valence-corrected chi connectivity index (χ2v) is 3.87. The molecular formula is C11H13F3N2O2. The van der Waals surface area contributed by atoms with E-state index in [1.807, 2.05) is 5.32 Å². The van der Waals surface area contributed by atoms with E-state index in [2.05, 4.69) is 0 Å². The van der Waals surface area contributed by atoms with Crippen molar-refractivity contribution in [1.82, 2.24) is 5.32 Å². The topological polar surface area (TPSA) is 75.4 Å². The predicted molar refractivity (Wildman–Crippen MR) is 59.9 cm³/mol. The fraction of sp³-hybridized carbons (Fsp3) is 0.364. The number of carbonyl (C=O) groups is 1. The number of nitrogens with one attached hydrogen (secondary N) is 1. The van der Waals surface area contributed by atoms with Gasteiger partial charge in [0.1, 0.15) is 12.4 Å². The monoisotopic (exact) mass is 262 g/mol. The summed E-state index contributed by atoms with van der Waals surface area (Å²) in [7, 11) is 0. The van der Waals surface area contributed by atoms with Gasteiger partial charge in [0.2, 0.25) is 0 Å². The lowest BCUT2D eigenvalue weighted by molar-refractivity contribution is -0.0462. The van der Waals surface area contributed by atoms with Gasteiger partial charge in [-0.1, -0.05) is 0 Å². The molecule has 100 valence electrons. The van der Waals surface area contributed by atoms with Crippen LogP contribution in [-0.2, 0) is 0 Å². The van der Waals surface area contributed by atoms with Crippen molar-refractivity contribution in [2.45, 2.75) is 12.8 Å². The molecule has 1 rings (SSSR count). The SMILES string of the molecule is Cc1c(N)cc(C(=O)NCC(F)(F)CO)cc1F. The van der Waals surface area contributed by atoms with Gasteiger partial charge >= 0.3 is 0 Å². The zero-order valence-corrected chi connectivity index (χ0v) is 9.64. The number of halogens is 3. The molecule has 0 aliphatic carbocycles. The van der Waals surface area contributed by atoms with E-state index in [1.54, 1.807) is 0 Å². The van der Waals surface area contributed by atoms with Crippen molar-refractivity contribution < 1.29 is 23.1 Å². The maximum atomic E-state index is 13.3. The van der Waals surface area contributed by atoms with Crippen LogP contribution in [0.3, 0.4) is 0 Å². The van der Waals surface area contributed by atoms with E-state index in [1.165, 1.54) is 13.0 Å². The fourth-order valence-electron chi connectivity index (χ4n) is 1.20. The second kappa shape index (κ2) is 5.26. The van der Waals surface area contributed by atoms with Gasteiger partial charge in [0.25, 0.3) is 11.8 Å². The first-order chi connectivity index (χ1) is 8.26. The maximum Gasteiger partial charge on any atom is 0.287 e. The Balaban J connectivity index is 2.80. The number of anilines is 1. The quantitative estimate of drug-likeness (QED) is 0.710. The number of carbonyl (C=O) groups excluding carboxylic acids is 1. The Hall–Kier alpha value is -1.76. The molecule has 1 amide bonds. The molecule has 18 heavy (non-hydrogen) atoms. The van der Waals surface area contributed by atoms with Gasteiger partial charge in [-0.2, -0.15) is 0 Å². The zero-order chi connectivity index (χ0) is 13.9. The molecular weight excluding hydrogens is 249 g/mol. The average molecular weight is 262 g/mol.